The molecule has 0 bridgehead atoms. The standard InChI is InChI=1S/C13H18N2O4S/c1-9(2)15(7-12(17)18)11(16)3-5-14-13(19)10-4-6-20-8-10/h4,6,8-9H,3,5,7H2,1-2H3,(H,14,19)(H,17,18). The summed E-state index contributed by atoms with van der Waals surface area (Å²) in [7, 11) is 0. The van der Waals surface area contributed by atoms with Gasteiger partial charge in [-0.2, -0.15) is 11.3 Å². The Morgan fingerprint density at radius 3 is 2.60 bits per heavy atom. The number of thiophene rings is 1. The maximum Gasteiger partial charge on any atom is 0.323 e. The van der Waals surface area contributed by atoms with Crippen LogP contribution in [0.2, 0.25) is 0 Å². The highest BCUT2D eigenvalue weighted by molar-refractivity contribution is 7.08. The van der Waals surface area contributed by atoms with Gasteiger partial charge in [0.15, 0.2) is 0 Å². The van der Waals surface area contributed by atoms with Crippen molar-refractivity contribution in [3.63, 3.8) is 0 Å². The zero-order chi connectivity index (χ0) is 15.1. The number of rotatable bonds is 7. The maximum absolute atomic E-state index is 11.9. The summed E-state index contributed by atoms with van der Waals surface area (Å²) in [6.07, 6.45) is 0.0847. The van der Waals surface area contributed by atoms with E-state index in [1.165, 1.54) is 16.2 Å². The number of carbonyl (C=O) groups is 3. The molecular formula is C13H18N2O4S. The molecular weight excluding hydrogens is 280 g/mol. The Labute approximate surface area is 121 Å². The van der Waals surface area contributed by atoms with Crippen molar-refractivity contribution in [2.24, 2.45) is 0 Å². The number of carboxylic acids is 1. The Hall–Kier alpha value is -1.89. The lowest BCUT2D eigenvalue weighted by Gasteiger charge is -2.24. The number of aliphatic carboxylic acids is 1. The van der Waals surface area contributed by atoms with E-state index in [1.807, 2.05) is 0 Å². The molecule has 20 heavy (non-hydrogen) atoms. The van der Waals surface area contributed by atoms with Gasteiger partial charge in [0.1, 0.15) is 6.54 Å². The molecule has 0 spiro atoms. The second-order valence-corrected chi connectivity index (χ2v) is 5.31. The first-order valence-electron chi connectivity index (χ1n) is 6.23. The summed E-state index contributed by atoms with van der Waals surface area (Å²) in [5.74, 6) is -1.56. The fraction of sp³-hybridized carbons (Fsp3) is 0.462. The van der Waals surface area contributed by atoms with Crippen LogP contribution in [-0.2, 0) is 9.59 Å². The Kier molecular flexibility index (Phi) is 6.17. The molecule has 0 aliphatic heterocycles. The van der Waals surface area contributed by atoms with Gasteiger partial charge in [0.25, 0.3) is 5.91 Å². The third kappa shape index (κ3) is 5.00. The minimum Gasteiger partial charge on any atom is -0.480 e. The van der Waals surface area contributed by atoms with E-state index in [-0.39, 0.29) is 37.4 Å². The predicted octanol–water partition coefficient (Wildman–Crippen LogP) is 1.19. The SMILES string of the molecule is CC(C)N(CC(=O)O)C(=O)CCNC(=O)c1ccsc1. The fourth-order valence-corrected chi connectivity index (χ4v) is 2.26. The molecule has 1 heterocycles. The van der Waals surface area contributed by atoms with Crippen LogP contribution < -0.4 is 5.32 Å². The third-order valence-corrected chi connectivity index (χ3v) is 3.34. The van der Waals surface area contributed by atoms with E-state index in [9.17, 15) is 14.4 Å². The van der Waals surface area contributed by atoms with Crippen molar-refractivity contribution in [3.05, 3.63) is 22.4 Å². The summed E-state index contributed by atoms with van der Waals surface area (Å²) in [5.41, 5.74) is 0.564. The molecule has 1 aromatic rings. The lowest BCUT2D eigenvalue weighted by molar-refractivity contribution is -0.145. The van der Waals surface area contributed by atoms with Gasteiger partial charge in [0.05, 0.1) is 0 Å². The molecule has 7 heteroatoms. The van der Waals surface area contributed by atoms with E-state index < -0.39 is 5.97 Å². The molecule has 1 rings (SSSR count). The lowest BCUT2D eigenvalue weighted by Crippen LogP contribution is -2.42. The van der Waals surface area contributed by atoms with Gasteiger partial charge in [-0.1, -0.05) is 0 Å². The van der Waals surface area contributed by atoms with E-state index in [0.717, 1.165) is 0 Å². The Bertz CT molecular complexity index is 471. The van der Waals surface area contributed by atoms with Crippen LogP contribution in [0, 0.1) is 0 Å². The van der Waals surface area contributed by atoms with Gasteiger partial charge < -0.3 is 15.3 Å². The van der Waals surface area contributed by atoms with Crippen LogP contribution in [0.5, 0.6) is 0 Å². The molecule has 2 amide bonds. The molecule has 6 nitrogen and oxygen atoms in total. The molecule has 110 valence electrons. The molecule has 0 atom stereocenters. The fourth-order valence-electron chi connectivity index (χ4n) is 1.63. The van der Waals surface area contributed by atoms with Crippen molar-refractivity contribution in [2.75, 3.05) is 13.1 Å². The van der Waals surface area contributed by atoms with Crippen LogP contribution in [0.4, 0.5) is 0 Å². The molecule has 0 radical (unpaired) electrons. The summed E-state index contributed by atoms with van der Waals surface area (Å²) >= 11 is 1.42. The number of amides is 2. The lowest BCUT2D eigenvalue weighted by atomic mass is 10.2. The molecule has 2 N–H and O–H groups in total. The second kappa shape index (κ2) is 7.64. The number of carboxylic acid groups (broad SMARTS) is 1. The summed E-state index contributed by atoms with van der Waals surface area (Å²) in [4.78, 5) is 35.5. The van der Waals surface area contributed by atoms with E-state index in [0.29, 0.717) is 5.56 Å². The predicted molar refractivity (Wildman–Crippen MR) is 75.8 cm³/mol. The molecule has 0 fully saturated rings. The molecule has 0 aromatic carbocycles. The minimum atomic E-state index is -1.05. The molecule has 1 aromatic heterocycles. The van der Waals surface area contributed by atoms with Crippen molar-refractivity contribution in [1.82, 2.24) is 10.2 Å². The van der Waals surface area contributed by atoms with Crippen LogP contribution in [0.15, 0.2) is 16.8 Å². The third-order valence-electron chi connectivity index (χ3n) is 2.66. The van der Waals surface area contributed by atoms with Gasteiger partial charge in [-0.3, -0.25) is 14.4 Å². The van der Waals surface area contributed by atoms with Crippen molar-refractivity contribution < 1.29 is 19.5 Å². The zero-order valence-corrected chi connectivity index (χ0v) is 12.3. The number of hydrogen-bond acceptors (Lipinski definition) is 4. The van der Waals surface area contributed by atoms with Crippen LogP contribution in [0.3, 0.4) is 0 Å². The van der Waals surface area contributed by atoms with Crippen molar-refractivity contribution >= 4 is 29.1 Å². The molecule has 0 aliphatic carbocycles. The number of nitrogens with zero attached hydrogens (tertiary/aromatic N) is 1. The second-order valence-electron chi connectivity index (χ2n) is 4.53. The van der Waals surface area contributed by atoms with Gasteiger partial charge in [-0.15, -0.1) is 0 Å². The van der Waals surface area contributed by atoms with Gasteiger partial charge in [-0.25, -0.2) is 0 Å². The van der Waals surface area contributed by atoms with Gasteiger partial charge >= 0.3 is 5.97 Å². The number of nitrogens with one attached hydrogen (secondary N) is 1. The summed E-state index contributed by atoms with van der Waals surface area (Å²) in [6, 6.07) is 1.51. The van der Waals surface area contributed by atoms with E-state index in [2.05, 4.69) is 5.32 Å². The topological polar surface area (TPSA) is 86.7 Å². The molecule has 0 saturated carbocycles. The van der Waals surface area contributed by atoms with E-state index in [1.54, 1.807) is 30.7 Å². The highest BCUT2D eigenvalue weighted by atomic mass is 32.1. The van der Waals surface area contributed by atoms with Gasteiger partial charge in [0.2, 0.25) is 5.91 Å². The number of hydrogen-bond donors (Lipinski definition) is 2. The van der Waals surface area contributed by atoms with E-state index >= 15 is 0 Å². The highest BCUT2D eigenvalue weighted by Crippen LogP contribution is 2.05. The number of carbonyl (C=O) groups excluding carboxylic acids is 2. The van der Waals surface area contributed by atoms with Crippen molar-refractivity contribution in [2.45, 2.75) is 26.3 Å². The summed E-state index contributed by atoms with van der Waals surface area (Å²) < 4.78 is 0. The zero-order valence-electron chi connectivity index (χ0n) is 11.5. The van der Waals surface area contributed by atoms with Gasteiger partial charge in [-0.05, 0) is 25.3 Å². The largest absolute Gasteiger partial charge is 0.480 e. The van der Waals surface area contributed by atoms with E-state index in [4.69, 9.17) is 5.11 Å². The summed E-state index contributed by atoms with van der Waals surface area (Å²) in [5, 5.41) is 14.9. The average Bonchev–Trinajstić information content (AvgIpc) is 2.88. The van der Waals surface area contributed by atoms with Crippen molar-refractivity contribution in [1.29, 1.82) is 0 Å². The molecule has 0 saturated heterocycles. The molecule has 0 aliphatic rings. The van der Waals surface area contributed by atoms with Crippen molar-refractivity contribution in [3.8, 4) is 0 Å². The first-order valence-corrected chi connectivity index (χ1v) is 7.17. The van der Waals surface area contributed by atoms with Crippen LogP contribution in [-0.4, -0.2) is 46.9 Å². The Balaban J connectivity index is 2.41. The van der Waals surface area contributed by atoms with Gasteiger partial charge in [0, 0.05) is 30.0 Å². The Morgan fingerprint density at radius 1 is 1.40 bits per heavy atom. The quantitative estimate of drug-likeness (QED) is 0.791. The highest BCUT2D eigenvalue weighted by Gasteiger charge is 2.19. The van der Waals surface area contributed by atoms with Crippen LogP contribution in [0.25, 0.3) is 0 Å². The normalized spacial score (nSPS) is 10.3. The first kappa shape index (κ1) is 16.2. The first-order chi connectivity index (χ1) is 9.41. The van der Waals surface area contributed by atoms with Crippen LogP contribution >= 0.6 is 11.3 Å². The van der Waals surface area contributed by atoms with Crippen LogP contribution in [0.1, 0.15) is 30.6 Å². The Morgan fingerprint density at radius 2 is 2.10 bits per heavy atom. The minimum absolute atomic E-state index is 0.0847. The summed E-state index contributed by atoms with van der Waals surface area (Å²) in [6.45, 7) is 3.38. The maximum atomic E-state index is 11.9. The monoisotopic (exact) mass is 298 g/mol. The average molecular weight is 298 g/mol. The molecule has 0 unspecified atom stereocenters. The smallest absolute Gasteiger partial charge is 0.323 e.